The van der Waals surface area contributed by atoms with Gasteiger partial charge in [0.2, 0.25) is 10.0 Å². The van der Waals surface area contributed by atoms with Gasteiger partial charge in [0, 0.05) is 0 Å². The SMILES string of the molecule is CCC(C)(C#N)NS(=O)(=O)c1cc(C#N)ccc1C. The van der Waals surface area contributed by atoms with Gasteiger partial charge in [-0.05, 0) is 38.0 Å². The molecule has 6 heteroatoms. The fourth-order valence-corrected chi connectivity index (χ4v) is 3.15. The van der Waals surface area contributed by atoms with E-state index < -0.39 is 15.6 Å². The molecule has 5 nitrogen and oxygen atoms in total. The van der Waals surface area contributed by atoms with Gasteiger partial charge in [0.25, 0.3) is 0 Å². The predicted molar refractivity (Wildman–Crippen MR) is 70.5 cm³/mol. The predicted octanol–water partition coefficient (Wildman–Crippen LogP) is 1.84. The second kappa shape index (κ2) is 5.40. The topological polar surface area (TPSA) is 93.8 Å². The molecule has 0 radical (unpaired) electrons. The normalized spacial score (nSPS) is 14.2. The highest BCUT2D eigenvalue weighted by atomic mass is 32.2. The molecule has 0 spiro atoms. The molecule has 0 bridgehead atoms. The summed E-state index contributed by atoms with van der Waals surface area (Å²) < 4.78 is 26.9. The Balaban J connectivity index is 3.30. The fourth-order valence-electron chi connectivity index (χ4n) is 1.48. The lowest BCUT2D eigenvalue weighted by Crippen LogP contribution is -2.44. The number of benzene rings is 1. The van der Waals surface area contributed by atoms with E-state index in [0.29, 0.717) is 12.0 Å². The number of hydrogen-bond donors (Lipinski definition) is 1. The summed E-state index contributed by atoms with van der Waals surface area (Å²) in [5.74, 6) is 0. The number of aryl methyl sites for hydroxylation is 1. The first-order chi connectivity index (χ1) is 8.78. The summed E-state index contributed by atoms with van der Waals surface area (Å²) in [6, 6.07) is 8.28. The first kappa shape index (κ1) is 15.2. The molecule has 1 unspecified atom stereocenters. The summed E-state index contributed by atoms with van der Waals surface area (Å²) in [6.45, 7) is 4.89. The molecule has 0 saturated heterocycles. The van der Waals surface area contributed by atoms with Gasteiger partial charge in [-0.25, -0.2) is 8.42 Å². The van der Waals surface area contributed by atoms with Crippen LogP contribution in [0.1, 0.15) is 31.4 Å². The molecule has 0 aliphatic heterocycles. The maximum Gasteiger partial charge on any atom is 0.242 e. The number of sulfonamides is 1. The van der Waals surface area contributed by atoms with E-state index in [2.05, 4.69) is 4.72 Å². The highest BCUT2D eigenvalue weighted by molar-refractivity contribution is 7.89. The van der Waals surface area contributed by atoms with Gasteiger partial charge in [-0.3, -0.25) is 0 Å². The highest BCUT2D eigenvalue weighted by Gasteiger charge is 2.29. The molecule has 1 atom stereocenters. The van der Waals surface area contributed by atoms with Crippen LogP contribution in [0.15, 0.2) is 23.1 Å². The Bertz CT molecular complexity index is 668. The summed E-state index contributed by atoms with van der Waals surface area (Å²) in [7, 11) is -3.83. The molecule has 0 amide bonds. The van der Waals surface area contributed by atoms with Crippen LogP contribution in [0.5, 0.6) is 0 Å². The van der Waals surface area contributed by atoms with E-state index in [4.69, 9.17) is 10.5 Å². The molecule has 1 rings (SSSR count). The molecule has 1 aromatic carbocycles. The van der Waals surface area contributed by atoms with E-state index in [1.165, 1.54) is 13.0 Å². The van der Waals surface area contributed by atoms with Crippen molar-refractivity contribution in [2.45, 2.75) is 37.6 Å². The molecular weight excluding hydrogens is 262 g/mol. The zero-order chi connectivity index (χ0) is 14.7. The Morgan fingerprint density at radius 2 is 2.00 bits per heavy atom. The third-order valence-electron chi connectivity index (χ3n) is 2.92. The third-order valence-corrected chi connectivity index (χ3v) is 4.66. The van der Waals surface area contributed by atoms with Crippen LogP contribution in [0.2, 0.25) is 0 Å². The van der Waals surface area contributed by atoms with Crippen molar-refractivity contribution in [1.29, 1.82) is 10.5 Å². The van der Waals surface area contributed by atoms with Gasteiger partial charge in [-0.2, -0.15) is 15.2 Å². The molecular formula is C13H15N3O2S. The Morgan fingerprint density at radius 3 is 2.47 bits per heavy atom. The van der Waals surface area contributed by atoms with Crippen molar-refractivity contribution in [2.24, 2.45) is 0 Å². The van der Waals surface area contributed by atoms with E-state index in [9.17, 15) is 8.42 Å². The third kappa shape index (κ3) is 3.31. The van der Waals surface area contributed by atoms with E-state index >= 15 is 0 Å². The van der Waals surface area contributed by atoms with Crippen LogP contribution in [0, 0.1) is 29.6 Å². The smallest absolute Gasteiger partial charge is 0.207 e. The molecule has 0 aromatic heterocycles. The first-order valence-corrected chi connectivity index (χ1v) is 7.22. The molecule has 0 saturated carbocycles. The van der Waals surface area contributed by atoms with Crippen LogP contribution in [0.4, 0.5) is 0 Å². The van der Waals surface area contributed by atoms with Crippen molar-refractivity contribution in [3.63, 3.8) is 0 Å². The lowest BCUT2D eigenvalue weighted by molar-refractivity contribution is 0.495. The molecule has 19 heavy (non-hydrogen) atoms. The molecule has 0 heterocycles. The number of hydrogen-bond acceptors (Lipinski definition) is 4. The molecule has 0 aliphatic carbocycles. The first-order valence-electron chi connectivity index (χ1n) is 5.74. The Labute approximate surface area is 113 Å². The van der Waals surface area contributed by atoms with E-state index in [1.54, 1.807) is 26.0 Å². The van der Waals surface area contributed by atoms with E-state index in [1.807, 2.05) is 12.1 Å². The van der Waals surface area contributed by atoms with Gasteiger partial charge in [0.1, 0.15) is 5.54 Å². The van der Waals surface area contributed by atoms with Crippen LogP contribution in [0.25, 0.3) is 0 Å². The molecule has 0 aliphatic rings. The van der Waals surface area contributed by atoms with Crippen molar-refractivity contribution in [3.05, 3.63) is 29.3 Å². The van der Waals surface area contributed by atoms with Crippen molar-refractivity contribution in [1.82, 2.24) is 4.72 Å². The number of nitriles is 2. The van der Waals surface area contributed by atoms with Gasteiger partial charge < -0.3 is 0 Å². The molecule has 100 valence electrons. The van der Waals surface area contributed by atoms with Crippen LogP contribution < -0.4 is 4.72 Å². The monoisotopic (exact) mass is 277 g/mol. The van der Waals surface area contributed by atoms with Crippen molar-refractivity contribution in [3.8, 4) is 12.1 Å². The summed E-state index contributed by atoms with van der Waals surface area (Å²) >= 11 is 0. The van der Waals surface area contributed by atoms with Crippen molar-refractivity contribution >= 4 is 10.0 Å². The Morgan fingerprint density at radius 1 is 1.37 bits per heavy atom. The summed E-state index contributed by atoms with van der Waals surface area (Å²) in [4.78, 5) is 0.0291. The Hall–Kier alpha value is -1.89. The average Bonchev–Trinajstić information content (AvgIpc) is 2.38. The lowest BCUT2D eigenvalue weighted by atomic mass is 10.0. The van der Waals surface area contributed by atoms with E-state index in [0.717, 1.165) is 0 Å². The average molecular weight is 277 g/mol. The fraction of sp³-hybridized carbons (Fsp3) is 0.385. The maximum absolute atomic E-state index is 12.3. The molecule has 0 fully saturated rings. The van der Waals surface area contributed by atoms with Gasteiger partial charge in [0.05, 0.1) is 22.6 Å². The minimum absolute atomic E-state index is 0.0291. The second-order valence-electron chi connectivity index (χ2n) is 4.50. The number of nitrogens with zero attached hydrogens (tertiary/aromatic N) is 2. The summed E-state index contributed by atoms with van der Waals surface area (Å²) in [5.41, 5.74) is -0.363. The summed E-state index contributed by atoms with van der Waals surface area (Å²) in [5, 5.41) is 17.9. The minimum Gasteiger partial charge on any atom is -0.207 e. The van der Waals surface area contributed by atoms with Crippen LogP contribution >= 0.6 is 0 Å². The van der Waals surface area contributed by atoms with Gasteiger partial charge in [0.15, 0.2) is 0 Å². The number of nitrogens with one attached hydrogen (secondary N) is 1. The Kier molecular flexibility index (Phi) is 4.31. The standard InChI is InChI=1S/C13H15N3O2S/c1-4-13(3,9-15)16-19(17,18)12-7-11(8-14)6-5-10(12)2/h5-7,16H,4H2,1-3H3. The van der Waals surface area contributed by atoms with Gasteiger partial charge in [-0.1, -0.05) is 13.0 Å². The molecule has 1 aromatic rings. The van der Waals surface area contributed by atoms with E-state index in [-0.39, 0.29) is 10.5 Å². The maximum atomic E-state index is 12.3. The van der Waals surface area contributed by atoms with Gasteiger partial charge in [-0.15, -0.1) is 0 Å². The largest absolute Gasteiger partial charge is 0.242 e. The van der Waals surface area contributed by atoms with Crippen molar-refractivity contribution < 1.29 is 8.42 Å². The van der Waals surface area contributed by atoms with Crippen LogP contribution in [-0.2, 0) is 10.0 Å². The minimum atomic E-state index is -3.83. The second-order valence-corrected chi connectivity index (χ2v) is 6.15. The quantitative estimate of drug-likeness (QED) is 0.908. The number of rotatable bonds is 4. The lowest BCUT2D eigenvalue weighted by Gasteiger charge is -2.21. The zero-order valence-corrected chi connectivity index (χ0v) is 11.9. The zero-order valence-electron chi connectivity index (χ0n) is 11.1. The highest BCUT2D eigenvalue weighted by Crippen LogP contribution is 2.20. The van der Waals surface area contributed by atoms with Crippen LogP contribution in [0.3, 0.4) is 0 Å². The van der Waals surface area contributed by atoms with Crippen LogP contribution in [-0.4, -0.2) is 14.0 Å². The molecule has 1 N–H and O–H groups in total. The van der Waals surface area contributed by atoms with Crippen molar-refractivity contribution in [2.75, 3.05) is 0 Å². The summed E-state index contributed by atoms with van der Waals surface area (Å²) in [6.07, 6.45) is 0.347. The van der Waals surface area contributed by atoms with Gasteiger partial charge >= 0.3 is 0 Å².